The van der Waals surface area contributed by atoms with Crippen LogP contribution in [0, 0.1) is 0 Å². The number of quaternary nitrogens is 1. The smallest absolute Gasteiger partial charge is 0.306 e. The Kier molecular flexibility index (Phi) is 54.4. The predicted octanol–water partition coefficient (Wildman–Crippen LogP) is 17.2. The second kappa shape index (κ2) is 56.9. The van der Waals surface area contributed by atoms with Crippen LogP contribution in [-0.4, -0.2) is 82.3 Å². The number of hydrogen-bond donors (Lipinski definition) is 0. The van der Waals surface area contributed by atoms with Crippen molar-refractivity contribution in [2.75, 3.05) is 47.5 Å². The number of esters is 2. The van der Waals surface area contributed by atoms with Crippen molar-refractivity contribution in [3.8, 4) is 0 Å². The van der Waals surface area contributed by atoms with E-state index in [0.29, 0.717) is 17.4 Å². The van der Waals surface area contributed by atoms with Crippen LogP contribution in [0.25, 0.3) is 0 Å². The first-order chi connectivity index (χ1) is 36.6. The highest BCUT2D eigenvalue weighted by molar-refractivity contribution is 5.70. The Hall–Kier alpha value is -3.27. The molecule has 0 fully saturated rings. The minimum Gasteiger partial charge on any atom is -0.545 e. The molecule has 9 heteroatoms. The normalized spacial score (nSPS) is 13.2. The van der Waals surface area contributed by atoms with Crippen molar-refractivity contribution in [1.29, 1.82) is 0 Å². The van der Waals surface area contributed by atoms with Gasteiger partial charge in [0, 0.05) is 12.8 Å². The molecule has 0 radical (unpaired) electrons. The number of carbonyl (C=O) groups excluding carboxylic acids is 3. The second-order valence-corrected chi connectivity index (χ2v) is 22.0. The Morgan fingerprint density at radius 3 is 1.13 bits per heavy atom. The third-order valence-electron chi connectivity index (χ3n) is 13.4. The van der Waals surface area contributed by atoms with Gasteiger partial charge in [-0.25, -0.2) is 0 Å². The number of nitrogens with zero attached hydrogens (tertiary/aromatic N) is 1. The van der Waals surface area contributed by atoms with Gasteiger partial charge in [-0.05, 0) is 83.5 Å². The summed E-state index contributed by atoms with van der Waals surface area (Å²) in [6.45, 7) is 4.64. The highest BCUT2D eigenvalue weighted by Gasteiger charge is 2.22. The van der Waals surface area contributed by atoms with Gasteiger partial charge in [0.1, 0.15) is 13.2 Å². The quantitative estimate of drug-likeness (QED) is 0.0195. The molecule has 0 aromatic carbocycles. The zero-order valence-corrected chi connectivity index (χ0v) is 49.4. The molecule has 0 aromatic rings. The lowest BCUT2D eigenvalue weighted by atomic mass is 10.0. The van der Waals surface area contributed by atoms with Crippen LogP contribution in [-0.2, 0) is 33.3 Å². The second-order valence-electron chi connectivity index (χ2n) is 22.0. The van der Waals surface area contributed by atoms with E-state index in [1.54, 1.807) is 0 Å². The number of hydrogen-bond acceptors (Lipinski definition) is 8. The van der Waals surface area contributed by atoms with Crippen molar-refractivity contribution < 1.29 is 42.9 Å². The number of carboxylic acid groups (broad SMARTS) is 1. The van der Waals surface area contributed by atoms with E-state index >= 15 is 0 Å². The summed E-state index contributed by atoms with van der Waals surface area (Å²) in [5, 5.41) is 11.8. The van der Waals surface area contributed by atoms with E-state index in [-0.39, 0.29) is 38.6 Å². The molecule has 2 unspecified atom stereocenters. The summed E-state index contributed by atoms with van der Waals surface area (Å²) in [6, 6.07) is 0. The molecule has 434 valence electrons. The lowest BCUT2D eigenvalue weighted by molar-refractivity contribution is -0.870. The van der Waals surface area contributed by atoms with Crippen LogP contribution < -0.4 is 5.11 Å². The van der Waals surface area contributed by atoms with Crippen molar-refractivity contribution in [1.82, 2.24) is 0 Å². The largest absolute Gasteiger partial charge is 0.545 e. The van der Waals surface area contributed by atoms with Gasteiger partial charge in [-0.3, -0.25) is 9.59 Å². The SMILES string of the molecule is CC/C=C\C/C=C\C/C=C\C/C=C\CCCCCCCCCCCCC(=O)OC(COC(=O)CCCCCCCCCCCCCCCCC/C=C\C/C=C\CCCCCCC)COC(OCC[N+](C)(C)C)C(=O)[O-]. The molecular formula is C66H117NO8. The molecule has 0 aromatic heterocycles. The lowest BCUT2D eigenvalue weighted by Crippen LogP contribution is -2.44. The Bertz CT molecular complexity index is 1460. The van der Waals surface area contributed by atoms with E-state index in [2.05, 4.69) is 86.8 Å². The summed E-state index contributed by atoms with van der Waals surface area (Å²) in [6.07, 6.45) is 71.0. The number of ether oxygens (including phenoxy) is 4. The number of unbranched alkanes of at least 4 members (excludes halogenated alkanes) is 30. The maximum Gasteiger partial charge on any atom is 0.306 e. The number of carboxylic acids is 1. The van der Waals surface area contributed by atoms with E-state index in [1.165, 1.54) is 161 Å². The number of likely N-dealkylation sites (N-methyl/N-ethyl adjacent to an activating group) is 1. The Morgan fingerprint density at radius 2 is 0.760 bits per heavy atom. The van der Waals surface area contributed by atoms with Crippen LogP contribution in [0.5, 0.6) is 0 Å². The molecule has 0 N–H and O–H groups in total. The average Bonchev–Trinajstić information content (AvgIpc) is 3.38. The fourth-order valence-corrected chi connectivity index (χ4v) is 8.68. The molecule has 0 saturated heterocycles. The predicted molar refractivity (Wildman–Crippen MR) is 315 cm³/mol. The maximum absolute atomic E-state index is 12.9. The van der Waals surface area contributed by atoms with Gasteiger partial charge in [0.25, 0.3) is 0 Å². The Balaban J connectivity index is 4.19. The van der Waals surface area contributed by atoms with Gasteiger partial charge in [0.05, 0.1) is 40.3 Å². The van der Waals surface area contributed by atoms with Crippen LogP contribution >= 0.6 is 0 Å². The monoisotopic (exact) mass is 1050 g/mol. The van der Waals surface area contributed by atoms with Crippen molar-refractivity contribution in [2.24, 2.45) is 0 Å². The third kappa shape index (κ3) is 58.3. The fourth-order valence-electron chi connectivity index (χ4n) is 8.68. The minimum absolute atomic E-state index is 0.145. The molecule has 0 heterocycles. The standard InChI is InChI=1S/C66H117NO8/c1-6-8-10-12-14-16-18-20-22-24-26-28-30-31-32-33-35-36-38-40-42-44-46-48-50-52-54-56-63(68)73-60-62(61-74-66(65(70)71)72-59-58-67(3,4)5)75-64(69)57-55-53-51-49-47-45-43-41-39-37-34-29-27-25-23-21-19-17-15-13-11-9-7-2/h9,11,15,17-18,20-21,23-24,26-27,29,62,66H,6-8,10,12-14,16,19,22,25,28,30-61H2,1-5H3/b11-9-,17-15-,20-18-,23-21-,26-24-,29-27-. The molecule has 0 amide bonds. The summed E-state index contributed by atoms with van der Waals surface area (Å²) in [5.74, 6) is -2.28. The summed E-state index contributed by atoms with van der Waals surface area (Å²) in [4.78, 5) is 37.4. The maximum atomic E-state index is 12.9. The highest BCUT2D eigenvalue weighted by Crippen LogP contribution is 2.17. The summed E-state index contributed by atoms with van der Waals surface area (Å²) < 4.78 is 22.7. The topological polar surface area (TPSA) is 111 Å². The van der Waals surface area contributed by atoms with Crippen molar-refractivity contribution in [3.63, 3.8) is 0 Å². The Morgan fingerprint density at radius 1 is 0.413 bits per heavy atom. The zero-order valence-electron chi connectivity index (χ0n) is 49.4. The highest BCUT2D eigenvalue weighted by atomic mass is 16.7. The van der Waals surface area contributed by atoms with Gasteiger partial charge < -0.3 is 33.3 Å². The number of allylic oxidation sites excluding steroid dienone is 12. The first-order valence-electron chi connectivity index (χ1n) is 31.1. The van der Waals surface area contributed by atoms with E-state index in [0.717, 1.165) is 77.0 Å². The number of aliphatic carboxylic acids is 1. The minimum atomic E-state index is -1.63. The molecular weight excluding hydrogens is 935 g/mol. The van der Waals surface area contributed by atoms with Gasteiger partial charge in [-0.1, -0.05) is 247 Å². The van der Waals surface area contributed by atoms with Crippen molar-refractivity contribution in [2.45, 2.75) is 283 Å². The van der Waals surface area contributed by atoms with Gasteiger partial charge >= 0.3 is 11.9 Å². The van der Waals surface area contributed by atoms with Gasteiger partial charge in [-0.2, -0.15) is 0 Å². The van der Waals surface area contributed by atoms with E-state index in [4.69, 9.17) is 18.9 Å². The molecule has 2 atom stereocenters. The first kappa shape index (κ1) is 71.7. The van der Waals surface area contributed by atoms with E-state index in [9.17, 15) is 19.5 Å². The summed E-state index contributed by atoms with van der Waals surface area (Å²) in [5.41, 5.74) is 0. The zero-order chi connectivity index (χ0) is 54.8. The van der Waals surface area contributed by atoms with Crippen LogP contribution in [0.2, 0.25) is 0 Å². The lowest BCUT2D eigenvalue weighted by Gasteiger charge is -2.26. The fraction of sp³-hybridized carbons (Fsp3) is 0.773. The summed E-state index contributed by atoms with van der Waals surface area (Å²) in [7, 11) is 5.92. The average molecular weight is 1050 g/mol. The molecule has 0 rings (SSSR count). The van der Waals surface area contributed by atoms with Gasteiger partial charge in [0.2, 0.25) is 0 Å². The van der Waals surface area contributed by atoms with Crippen LogP contribution in [0.15, 0.2) is 72.9 Å². The molecule has 0 aliphatic carbocycles. The van der Waals surface area contributed by atoms with Crippen molar-refractivity contribution in [3.05, 3.63) is 72.9 Å². The molecule has 75 heavy (non-hydrogen) atoms. The van der Waals surface area contributed by atoms with Crippen LogP contribution in [0.3, 0.4) is 0 Å². The molecule has 0 aliphatic heterocycles. The number of carbonyl (C=O) groups is 3. The Labute approximate surface area is 462 Å². The molecule has 0 spiro atoms. The van der Waals surface area contributed by atoms with Crippen molar-refractivity contribution >= 4 is 17.9 Å². The third-order valence-corrected chi connectivity index (χ3v) is 13.4. The summed E-state index contributed by atoms with van der Waals surface area (Å²) >= 11 is 0. The molecule has 0 bridgehead atoms. The van der Waals surface area contributed by atoms with Crippen LogP contribution in [0.1, 0.15) is 271 Å². The molecule has 0 saturated carbocycles. The van der Waals surface area contributed by atoms with E-state index in [1.807, 2.05) is 21.1 Å². The number of rotatable bonds is 57. The van der Waals surface area contributed by atoms with Gasteiger partial charge in [-0.15, -0.1) is 0 Å². The molecule has 9 nitrogen and oxygen atoms in total. The van der Waals surface area contributed by atoms with Crippen LogP contribution in [0.4, 0.5) is 0 Å². The first-order valence-corrected chi connectivity index (χ1v) is 31.1. The van der Waals surface area contributed by atoms with Gasteiger partial charge in [0.15, 0.2) is 12.4 Å². The molecule has 0 aliphatic rings. The van der Waals surface area contributed by atoms with E-state index < -0.39 is 24.3 Å².